The largest absolute Gasteiger partial charge is 0.393 e. The normalized spacial score (nSPS) is 53.1. The maximum absolute atomic E-state index is 10.9. The lowest BCUT2D eigenvalue weighted by atomic mass is 9.34. The average Bonchev–Trinajstić information content (AvgIpc) is 2.67. The second-order valence-corrected chi connectivity index (χ2v) is 15.2. The minimum absolute atomic E-state index is 0.0620. The molecule has 4 saturated carbocycles. The van der Waals surface area contributed by atoms with E-state index in [-0.39, 0.29) is 11.5 Å². The van der Waals surface area contributed by atoms with Crippen molar-refractivity contribution in [2.75, 3.05) is 0 Å². The predicted molar refractivity (Wildman–Crippen MR) is 131 cm³/mol. The molecule has 1 N–H and O–H groups in total. The highest BCUT2D eigenvalue weighted by Gasteiger charge is 2.67. The molecule has 0 saturated heterocycles. The Morgan fingerprint density at radius 3 is 2.06 bits per heavy atom. The monoisotopic (exact) mass is 426 g/mol. The lowest BCUT2D eigenvalue weighted by Crippen LogP contribution is -2.64. The van der Waals surface area contributed by atoms with Gasteiger partial charge in [0.25, 0.3) is 0 Å². The number of fused-ring (bicyclic) bond motifs is 6. The first-order chi connectivity index (χ1) is 14.2. The van der Waals surface area contributed by atoms with Crippen LogP contribution < -0.4 is 0 Å². The van der Waals surface area contributed by atoms with E-state index in [9.17, 15) is 5.11 Å². The molecule has 176 valence electrons. The van der Waals surface area contributed by atoms with E-state index >= 15 is 0 Å². The molecule has 5 aliphatic rings. The Balaban J connectivity index is 1.59. The van der Waals surface area contributed by atoms with Gasteiger partial charge in [0.15, 0.2) is 0 Å². The lowest BCUT2D eigenvalue weighted by molar-refractivity contribution is -0.204. The summed E-state index contributed by atoms with van der Waals surface area (Å²) in [5.74, 6) is 1.47. The Hall–Kier alpha value is -0.300. The second kappa shape index (κ2) is 6.43. The number of allylic oxidation sites excluding steroid dienone is 2. The third-order valence-corrected chi connectivity index (χ3v) is 12.9. The molecule has 4 fully saturated rings. The average molecular weight is 427 g/mol. The predicted octanol–water partition coefficient (Wildman–Crippen LogP) is 8.31. The molecular formula is C30H50O. The molecule has 1 heteroatoms. The summed E-state index contributed by atoms with van der Waals surface area (Å²) in [4.78, 5) is 0. The molecule has 0 radical (unpaired) electrons. The SMILES string of the molecule is CC1(C)CC[C@]2(C)CC[C@]3(C)C(=C2C1)CC[C@@H]1[C@]2(C)CC[C@@H](O)C(C)(C)[C@@H]2CC[C@]13C. The van der Waals surface area contributed by atoms with Crippen molar-refractivity contribution in [1.82, 2.24) is 0 Å². The lowest BCUT2D eigenvalue weighted by Gasteiger charge is -2.71. The highest BCUT2D eigenvalue weighted by molar-refractivity contribution is 5.38. The van der Waals surface area contributed by atoms with Gasteiger partial charge in [0.05, 0.1) is 6.10 Å². The van der Waals surface area contributed by atoms with Crippen LogP contribution in [0.3, 0.4) is 0 Å². The minimum atomic E-state index is -0.119. The number of aliphatic hydroxyl groups is 1. The summed E-state index contributed by atoms with van der Waals surface area (Å²) in [5, 5.41) is 10.9. The van der Waals surface area contributed by atoms with E-state index < -0.39 is 0 Å². The Kier molecular flexibility index (Phi) is 4.66. The molecule has 0 aromatic carbocycles. The molecule has 31 heavy (non-hydrogen) atoms. The van der Waals surface area contributed by atoms with Crippen LogP contribution in [0.1, 0.15) is 126 Å². The van der Waals surface area contributed by atoms with Crippen molar-refractivity contribution < 1.29 is 5.11 Å². The number of aliphatic hydroxyl groups excluding tert-OH is 1. The van der Waals surface area contributed by atoms with Gasteiger partial charge < -0.3 is 5.11 Å². The number of rotatable bonds is 0. The molecule has 0 aromatic heterocycles. The molecular weight excluding hydrogens is 376 g/mol. The fourth-order valence-corrected chi connectivity index (χ4v) is 10.5. The summed E-state index contributed by atoms with van der Waals surface area (Å²) < 4.78 is 0. The Labute approximate surface area is 192 Å². The third kappa shape index (κ3) is 2.77. The van der Waals surface area contributed by atoms with Crippen molar-refractivity contribution in [3.8, 4) is 0 Å². The van der Waals surface area contributed by atoms with Gasteiger partial charge in [-0.3, -0.25) is 0 Å². The maximum atomic E-state index is 10.9. The van der Waals surface area contributed by atoms with Gasteiger partial charge in [-0.1, -0.05) is 66.5 Å². The van der Waals surface area contributed by atoms with Crippen molar-refractivity contribution in [3.05, 3.63) is 11.1 Å². The summed E-state index contributed by atoms with van der Waals surface area (Å²) in [6.45, 7) is 20.4. The molecule has 0 heterocycles. The van der Waals surface area contributed by atoms with Gasteiger partial charge in [-0.05, 0) is 115 Å². The topological polar surface area (TPSA) is 20.2 Å². The van der Waals surface area contributed by atoms with Crippen LogP contribution in [0.2, 0.25) is 0 Å². The van der Waals surface area contributed by atoms with Crippen molar-refractivity contribution in [2.24, 2.45) is 44.3 Å². The third-order valence-electron chi connectivity index (χ3n) is 12.9. The van der Waals surface area contributed by atoms with E-state index in [1.54, 1.807) is 0 Å². The van der Waals surface area contributed by atoms with Crippen molar-refractivity contribution in [2.45, 2.75) is 132 Å². The molecule has 1 nitrogen and oxygen atoms in total. The van der Waals surface area contributed by atoms with Crippen LogP contribution in [0.15, 0.2) is 11.1 Å². The number of hydrogen-bond acceptors (Lipinski definition) is 1. The van der Waals surface area contributed by atoms with Gasteiger partial charge in [-0.2, -0.15) is 0 Å². The zero-order valence-electron chi connectivity index (χ0n) is 22.0. The second-order valence-electron chi connectivity index (χ2n) is 15.2. The first-order valence-corrected chi connectivity index (χ1v) is 13.6. The molecule has 5 aliphatic carbocycles. The molecule has 0 bridgehead atoms. The fourth-order valence-electron chi connectivity index (χ4n) is 10.5. The maximum Gasteiger partial charge on any atom is 0.0594 e. The summed E-state index contributed by atoms with van der Waals surface area (Å²) in [5.41, 5.74) is 6.03. The van der Waals surface area contributed by atoms with E-state index in [4.69, 9.17) is 0 Å². The van der Waals surface area contributed by atoms with Crippen LogP contribution in [-0.4, -0.2) is 11.2 Å². The standard InChI is InChI=1S/C30H50O/c1-25(2)15-16-27(5)17-18-29(7)20(21(27)19-25)9-10-23-28(6)13-12-24(31)26(3,4)22(28)11-14-30(23,29)8/h22-24,31H,9-19H2,1-8H3/t22-,23+,24+,27+,28+,29+,30+/m0/s1. The van der Waals surface area contributed by atoms with Crippen LogP contribution in [0.5, 0.6) is 0 Å². The Bertz CT molecular complexity index is 803. The minimum Gasteiger partial charge on any atom is -0.393 e. The van der Waals surface area contributed by atoms with Crippen LogP contribution in [0.25, 0.3) is 0 Å². The summed E-state index contributed by atoms with van der Waals surface area (Å²) in [6.07, 6.45) is 14.5. The van der Waals surface area contributed by atoms with E-state index in [1.807, 2.05) is 11.1 Å². The van der Waals surface area contributed by atoms with Gasteiger partial charge in [-0.25, -0.2) is 0 Å². The molecule has 0 spiro atoms. The van der Waals surface area contributed by atoms with Crippen LogP contribution in [0.4, 0.5) is 0 Å². The zero-order chi connectivity index (χ0) is 22.7. The van der Waals surface area contributed by atoms with Gasteiger partial charge in [-0.15, -0.1) is 0 Å². The molecule has 0 amide bonds. The summed E-state index contributed by atoms with van der Waals surface area (Å²) >= 11 is 0. The smallest absolute Gasteiger partial charge is 0.0594 e. The molecule has 0 aromatic rings. The highest BCUT2D eigenvalue weighted by atomic mass is 16.3. The van der Waals surface area contributed by atoms with Gasteiger partial charge >= 0.3 is 0 Å². The van der Waals surface area contributed by atoms with E-state index in [0.29, 0.717) is 33.0 Å². The Morgan fingerprint density at radius 1 is 0.677 bits per heavy atom. The van der Waals surface area contributed by atoms with Gasteiger partial charge in [0, 0.05) is 0 Å². The van der Waals surface area contributed by atoms with Gasteiger partial charge in [0.2, 0.25) is 0 Å². The van der Waals surface area contributed by atoms with Crippen LogP contribution in [-0.2, 0) is 0 Å². The molecule has 5 rings (SSSR count). The number of hydrogen-bond donors (Lipinski definition) is 1. The zero-order valence-corrected chi connectivity index (χ0v) is 22.0. The Morgan fingerprint density at radius 2 is 1.35 bits per heavy atom. The first-order valence-electron chi connectivity index (χ1n) is 13.6. The van der Waals surface area contributed by atoms with Crippen molar-refractivity contribution in [1.29, 1.82) is 0 Å². The first kappa shape index (κ1) is 22.5. The highest BCUT2D eigenvalue weighted by Crippen LogP contribution is 2.75. The summed E-state index contributed by atoms with van der Waals surface area (Å²) in [6, 6.07) is 0. The van der Waals surface area contributed by atoms with E-state index in [1.165, 1.54) is 64.2 Å². The quantitative estimate of drug-likeness (QED) is 0.386. The summed E-state index contributed by atoms with van der Waals surface area (Å²) in [7, 11) is 0. The van der Waals surface area contributed by atoms with E-state index in [0.717, 1.165) is 12.3 Å². The van der Waals surface area contributed by atoms with Crippen LogP contribution in [0, 0.1) is 44.3 Å². The molecule has 7 atom stereocenters. The van der Waals surface area contributed by atoms with E-state index in [2.05, 4.69) is 55.4 Å². The molecule has 0 aliphatic heterocycles. The van der Waals surface area contributed by atoms with Gasteiger partial charge in [0.1, 0.15) is 0 Å². The van der Waals surface area contributed by atoms with Crippen molar-refractivity contribution in [3.63, 3.8) is 0 Å². The van der Waals surface area contributed by atoms with Crippen molar-refractivity contribution >= 4 is 0 Å². The fraction of sp³-hybridized carbons (Fsp3) is 0.933. The van der Waals surface area contributed by atoms with Crippen LogP contribution >= 0.6 is 0 Å². The molecule has 0 unspecified atom stereocenters.